The summed E-state index contributed by atoms with van der Waals surface area (Å²) >= 11 is 7.29. The lowest BCUT2D eigenvalue weighted by molar-refractivity contribution is 0.571. The van der Waals surface area contributed by atoms with Gasteiger partial charge in [-0.15, -0.1) is 11.3 Å². The Morgan fingerprint density at radius 2 is 1.70 bits per heavy atom. The lowest BCUT2D eigenvalue weighted by Crippen LogP contribution is -2.30. The van der Waals surface area contributed by atoms with Crippen molar-refractivity contribution in [3.8, 4) is 29.1 Å². The quantitative estimate of drug-likeness (QED) is 0.495. The van der Waals surface area contributed by atoms with Gasteiger partial charge in [-0.05, 0) is 36.4 Å². The number of hydrogen-bond acceptors (Lipinski definition) is 5. The molecule has 0 aliphatic heterocycles. The summed E-state index contributed by atoms with van der Waals surface area (Å²) in [6.45, 7) is 0. The molecule has 0 spiro atoms. The fourth-order valence-corrected chi connectivity index (χ4v) is 4.21. The Balaban J connectivity index is 1.92. The molecule has 5 nitrogen and oxygen atoms in total. The van der Waals surface area contributed by atoms with E-state index in [1.165, 1.54) is 4.57 Å². The minimum Gasteiger partial charge on any atom is -0.457 e. The van der Waals surface area contributed by atoms with Crippen molar-refractivity contribution in [3.05, 3.63) is 97.1 Å². The maximum Gasteiger partial charge on any atom is 0.273 e. The second-order valence-corrected chi connectivity index (χ2v) is 7.61. The summed E-state index contributed by atoms with van der Waals surface area (Å²) in [5.41, 5.74) is 0.862. The Labute approximate surface area is 180 Å². The largest absolute Gasteiger partial charge is 0.457 e. The zero-order valence-electron chi connectivity index (χ0n) is 15.4. The minimum atomic E-state index is -0.333. The Bertz CT molecular complexity index is 1480. The summed E-state index contributed by atoms with van der Waals surface area (Å²) in [6, 6.07) is 23.5. The van der Waals surface area contributed by atoms with E-state index in [9.17, 15) is 15.3 Å². The summed E-state index contributed by atoms with van der Waals surface area (Å²) in [5.74, 6) is 1.04. The molecule has 2 aromatic heterocycles. The third-order valence-electron chi connectivity index (χ3n) is 4.31. The predicted octanol–water partition coefficient (Wildman–Crippen LogP) is 3.84. The number of hydrogen-bond donors (Lipinski definition) is 0. The second kappa shape index (κ2) is 8.26. The van der Waals surface area contributed by atoms with Gasteiger partial charge in [0.2, 0.25) is 0 Å². The number of nitrogens with zero attached hydrogens (tertiary/aromatic N) is 3. The van der Waals surface area contributed by atoms with Gasteiger partial charge >= 0.3 is 0 Å². The Morgan fingerprint density at radius 1 is 1.00 bits per heavy atom. The molecule has 4 aromatic rings. The smallest absolute Gasteiger partial charge is 0.273 e. The number of nitriles is 2. The van der Waals surface area contributed by atoms with Crippen LogP contribution in [0.2, 0.25) is 5.02 Å². The normalized spacial score (nSPS) is 11.1. The molecule has 0 fully saturated rings. The van der Waals surface area contributed by atoms with Crippen molar-refractivity contribution in [2.24, 2.45) is 0 Å². The van der Waals surface area contributed by atoms with Gasteiger partial charge in [0.1, 0.15) is 28.3 Å². The first-order chi connectivity index (χ1) is 14.6. The zero-order chi connectivity index (χ0) is 21.1. The molecule has 7 heteroatoms. The number of furan rings is 1. The van der Waals surface area contributed by atoms with Crippen molar-refractivity contribution in [2.75, 3.05) is 0 Å². The molecule has 144 valence electrons. The molecular formula is C23H12ClN3O2S. The van der Waals surface area contributed by atoms with E-state index in [0.717, 1.165) is 16.9 Å². The van der Waals surface area contributed by atoms with E-state index in [1.807, 2.05) is 36.4 Å². The third-order valence-corrected chi connectivity index (χ3v) is 5.74. The lowest BCUT2D eigenvalue weighted by atomic mass is 10.2. The molecule has 0 N–H and O–H groups in total. The van der Waals surface area contributed by atoms with Crippen LogP contribution in [0, 0.1) is 22.7 Å². The van der Waals surface area contributed by atoms with E-state index in [-0.39, 0.29) is 15.8 Å². The van der Waals surface area contributed by atoms with E-state index in [0.29, 0.717) is 26.8 Å². The van der Waals surface area contributed by atoms with E-state index >= 15 is 0 Å². The van der Waals surface area contributed by atoms with Crippen molar-refractivity contribution < 1.29 is 4.42 Å². The molecule has 0 atom stereocenters. The Kier molecular flexibility index (Phi) is 5.36. The minimum absolute atomic E-state index is 0.128. The molecule has 0 aliphatic rings. The molecule has 4 rings (SSSR count). The topological polar surface area (TPSA) is 82.7 Å². The number of para-hydroxylation sites is 1. The second-order valence-electron chi connectivity index (χ2n) is 6.17. The molecule has 0 saturated heterocycles. The fraction of sp³-hybridized carbons (Fsp3) is 0. The van der Waals surface area contributed by atoms with Gasteiger partial charge in [0.05, 0.1) is 15.2 Å². The third kappa shape index (κ3) is 3.58. The van der Waals surface area contributed by atoms with E-state index in [2.05, 4.69) is 0 Å². The lowest BCUT2D eigenvalue weighted by Gasteiger charge is -2.00. The zero-order valence-corrected chi connectivity index (χ0v) is 16.9. The highest BCUT2D eigenvalue weighted by Gasteiger charge is 2.12. The SMILES string of the molecule is N#CC(C#N)=c1s/c(=C\c2ccc(-c3ccccc3Cl)o2)c(=O)n1-c1ccccc1. The van der Waals surface area contributed by atoms with Crippen molar-refractivity contribution in [1.82, 2.24) is 4.57 Å². The van der Waals surface area contributed by atoms with Crippen LogP contribution in [0.4, 0.5) is 0 Å². The van der Waals surface area contributed by atoms with Crippen molar-refractivity contribution in [1.29, 1.82) is 10.5 Å². The summed E-state index contributed by atoms with van der Waals surface area (Å²) in [5, 5.41) is 19.2. The van der Waals surface area contributed by atoms with E-state index < -0.39 is 0 Å². The van der Waals surface area contributed by atoms with Gasteiger partial charge in [0.25, 0.3) is 5.56 Å². The average Bonchev–Trinajstić information content (AvgIpc) is 3.35. The summed E-state index contributed by atoms with van der Waals surface area (Å²) in [6.07, 6.45) is 1.60. The van der Waals surface area contributed by atoms with Gasteiger partial charge < -0.3 is 4.42 Å². The monoisotopic (exact) mass is 429 g/mol. The van der Waals surface area contributed by atoms with Crippen LogP contribution in [-0.4, -0.2) is 4.57 Å². The van der Waals surface area contributed by atoms with E-state index in [4.69, 9.17) is 16.0 Å². The van der Waals surface area contributed by atoms with Gasteiger partial charge in [-0.25, -0.2) is 0 Å². The van der Waals surface area contributed by atoms with Crippen LogP contribution in [0.1, 0.15) is 5.76 Å². The Morgan fingerprint density at radius 3 is 2.40 bits per heavy atom. The molecule has 0 aliphatic carbocycles. The van der Waals surface area contributed by atoms with Crippen molar-refractivity contribution in [2.45, 2.75) is 0 Å². The van der Waals surface area contributed by atoms with Crippen LogP contribution in [-0.2, 0) is 0 Å². The summed E-state index contributed by atoms with van der Waals surface area (Å²) < 4.78 is 7.85. The van der Waals surface area contributed by atoms with Crippen LogP contribution >= 0.6 is 22.9 Å². The molecular weight excluding hydrogens is 418 g/mol. The average molecular weight is 430 g/mol. The number of aromatic nitrogens is 1. The fourth-order valence-electron chi connectivity index (χ4n) is 2.95. The molecule has 2 heterocycles. The van der Waals surface area contributed by atoms with Gasteiger partial charge in [0, 0.05) is 11.6 Å². The van der Waals surface area contributed by atoms with Gasteiger partial charge in [-0.2, -0.15) is 10.5 Å². The summed E-state index contributed by atoms with van der Waals surface area (Å²) in [7, 11) is 0. The van der Waals surface area contributed by atoms with Crippen molar-refractivity contribution in [3.63, 3.8) is 0 Å². The van der Waals surface area contributed by atoms with E-state index in [1.54, 1.807) is 48.5 Å². The first-order valence-electron chi connectivity index (χ1n) is 8.80. The molecule has 0 unspecified atom stereocenters. The van der Waals surface area contributed by atoms with Crippen LogP contribution in [0.15, 0.2) is 75.9 Å². The molecule has 0 bridgehead atoms. The van der Waals surface area contributed by atoms with Crippen LogP contribution in [0.25, 0.3) is 28.7 Å². The molecule has 2 aromatic carbocycles. The number of benzene rings is 2. The van der Waals surface area contributed by atoms with Gasteiger partial charge in [-0.1, -0.05) is 41.9 Å². The maximum absolute atomic E-state index is 13.1. The Hall–Kier alpha value is -3.84. The number of thiazole rings is 1. The highest BCUT2D eigenvalue weighted by atomic mass is 35.5. The molecule has 0 saturated carbocycles. The van der Waals surface area contributed by atoms with Crippen molar-refractivity contribution >= 4 is 34.6 Å². The standard InChI is InChI=1S/C23H12ClN3O2S/c24-19-9-5-4-8-18(19)20-11-10-17(29-20)12-21-22(28)27(16-6-2-1-3-7-16)23(30-21)15(13-25)14-26/h1-12H/b21-12-. The maximum atomic E-state index is 13.1. The van der Waals surface area contributed by atoms with Crippen LogP contribution < -0.4 is 14.8 Å². The van der Waals surface area contributed by atoms with Gasteiger partial charge in [-0.3, -0.25) is 9.36 Å². The van der Waals surface area contributed by atoms with Crippen LogP contribution in [0.3, 0.4) is 0 Å². The summed E-state index contributed by atoms with van der Waals surface area (Å²) in [4.78, 5) is 13.1. The highest BCUT2D eigenvalue weighted by Crippen LogP contribution is 2.29. The molecule has 0 radical (unpaired) electrons. The predicted molar refractivity (Wildman–Crippen MR) is 117 cm³/mol. The highest BCUT2D eigenvalue weighted by molar-refractivity contribution is 7.07. The van der Waals surface area contributed by atoms with Gasteiger partial charge in [0.15, 0.2) is 5.57 Å². The first kappa shape index (κ1) is 19.5. The number of halogens is 1. The van der Waals surface area contributed by atoms with Crippen LogP contribution in [0.5, 0.6) is 0 Å². The first-order valence-corrected chi connectivity index (χ1v) is 10.00. The molecule has 0 amide bonds. The molecule has 30 heavy (non-hydrogen) atoms. The number of rotatable bonds is 3.